The van der Waals surface area contributed by atoms with Gasteiger partial charge >= 0.3 is 5.97 Å². The average Bonchev–Trinajstić information content (AvgIpc) is 3.03. The minimum atomic E-state index is -0.470. The molecule has 7 nitrogen and oxygen atoms in total. The van der Waals surface area contributed by atoms with Crippen molar-refractivity contribution in [2.75, 3.05) is 7.11 Å². The second-order valence-electron chi connectivity index (χ2n) is 6.08. The molecule has 2 heterocycles. The van der Waals surface area contributed by atoms with E-state index in [-0.39, 0.29) is 11.6 Å². The fourth-order valence-electron chi connectivity index (χ4n) is 2.72. The molecule has 3 N–H and O–H groups in total. The van der Waals surface area contributed by atoms with Crippen LogP contribution >= 0.6 is 23.1 Å². The zero-order valence-corrected chi connectivity index (χ0v) is 17.3. The van der Waals surface area contributed by atoms with Crippen LogP contribution < -0.4 is 11.3 Å². The Hall–Kier alpha value is -2.65. The van der Waals surface area contributed by atoms with Crippen LogP contribution in [-0.4, -0.2) is 28.2 Å². The predicted octanol–water partition coefficient (Wildman–Crippen LogP) is 3.39. The molecule has 3 rings (SSSR count). The molecule has 146 valence electrons. The maximum atomic E-state index is 12.4. The third-order valence-corrected chi connectivity index (χ3v) is 6.16. The number of aryl methyl sites for hydroxylation is 1. The molecule has 0 aliphatic rings. The number of fused-ring (bicyclic) bond motifs is 1. The smallest absolute Gasteiger partial charge is 0.348 e. The monoisotopic (exact) mass is 416 g/mol. The Morgan fingerprint density at radius 1 is 1.39 bits per heavy atom. The van der Waals surface area contributed by atoms with Crippen LogP contribution in [0.5, 0.6) is 0 Å². The maximum absolute atomic E-state index is 12.4. The van der Waals surface area contributed by atoms with Gasteiger partial charge in [-0.2, -0.15) is 0 Å². The molecule has 1 atom stereocenters. The fraction of sp³-hybridized carbons (Fsp3) is 0.263. The van der Waals surface area contributed by atoms with Crippen LogP contribution in [0.4, 0.5) is 0 Å². The summed E-state index contributed by atoms with van der Waals surface area (Å²) >= 11 is 2.45. The number of thioether (sulfide) groups is 1. The number of esters is 1. The number of aliphatic imine (C=N–C) groups is 1. The topological polar surface area (TPSA) is 110 Å². The maximum Gasteiger partial charge on any atom is 0.348 e. The lowest BCUT2D eigenvalue weighted by Crippen LogP contribution is -2.13. The van der Waals surface area contributed by atoms with Crippen LogP contribution in [0.1, 0.15) is 39.6 Å². The summed E-state index contributed by atoms with van der Waals surface area (Å²) in [5.41, 5.74) is 7.40. The summed E-state index contributed by atoms with van der Waals surface area (Å²) < 4.78 is 4.76. The molecule has 0 unspecified atom stereocenters. The van der Waals surface area contributed by atoms with E-state index >= 15 is 0 Å². The number of benzene rings is 1. The predicted molar refractivity (Wildman–Crippen MR) is 114 cm³/mol. The van der Waals surface area contributed by atoms with E-state index < -0.39 is 5.97 Å². The van der Waals surface area contributed by atoms with E-state index in [0.29, 0.717) is 37.4 Å². The van der Waals surface area contributed by atoms with Gasteiger partial charge in [-0.1, -0.05) is 42.1 Å². The molecule has 9 heteroatoms. The minimum absolute atomic E-state index is 0.0641. The number of rotatable bonds is 5. The molecule has 0 spiro atoms. The Labute approximate surface area is 170 Å². The van der Waals surface area contributed by atoms with Gasteiger partial charge in [0.15, 0.2) is 5.17 Å². The van der Waals surface area contributed by atoms with Gasteiger partial charge in [-0.3, -0.25) is 9.79 Å². The lowest BCUT2D eigenvalue weighted by molar-refractivity contribution is 0.0605. The van der Waals surface area contributed by atoms with Crippen molar-refractivity contribution in [3.63, 3.8) is 0 Å². The van der Waals surface area contributed by atoms with Gasteiger partial charge in [0.2, 0.25) is 0 Å². The molecule has 0 amide bonds. The second-order valence-corrected chi connectivity index (χ2v) is 8.08. The van der Waals surface area contributed by atoms with E-state index in [1.807, 2.05) is 37.3 Å². The summed E-state index contributed by atoms with van der Waals surface area (Å²) in [5, 5.41) is 0.829. The molecular formula is C19H20N4O3S2. The van der Waals surface area contributed by atoms with Gasteiger partial charge < -0.3 is 15.5 Å². The highest BCUT2D eigenvalue weighted by Crippen LogP contribution is 2.28. The van der Waals surface area contributed by atoms with E-state index in [9.17, 15) is 9.59 Å². The van der Waals surface area contributed by atoms with Crippen molar-refractivity contribution in [3.05, 3.63) is 62.5 Å². The molecule has 0 fully saturated rings. The number of aromatic amines is 1. The van der Waals surface area contributed by atoms with Gasteiger partial charge in [0.05, 0.1) is 24.3 Å². The first-order chi connectivity index (χ1) is 13.4. The summed E-state index contributed by atoms with van der Waals surface area (Å²) in [6.45, 7) is 3.68. The van der Waals surface area contributed by atoms with Crippen molar-refractivity contribution in [2.45, 2.75) is 25.6 Å². The van der Waals surface area contributed by atoms with Crippen molar-refractivity contribution in [2.24, 2.45) is 10.7 Å². The SMILES string of the molecule is COC(=O)c1sc2nc(CSC(N)=N[C@@H](C)c3ccccc3)[nH]c(=O)c2c1C. The molecule has 0 aliphatic carbocycles. The van der Waals surface area contributed by atoms with Crippen LogP contribution in [0.15, 0.2) is 40.1 Å². The highest BCUT2D eigenvalue weighted by atomic mass is 32.2. The average molecular weight is 417 g/mol. The van der Waals surface area contributed by atoms with Gasteiger partial charge in [-0.15, -0.1) is 11.3 Å². The molecule has 0 radical (unpaired) electrons. The first kappa shape index (κ1) is 20.1. The van der Waals surface area contributed by atoms with Crippen LogP contribution in [-0.2, 0) is 10.5 Å². The Morgan fingerprint density at radius 2 is 2.11 bits per heavy atom. The molecule has 28 heavy (non-hydrogen) atoms. The van der Waals surface area contributed by atoms with Crippen LogP contribution in [0.3, 0.4) is 0 Å². The normalized spacial score (nSPS) is 12.9. The Morgan fingerprint density at radius 3 is 2.79 bits per heavy atom. The Balaban J connectivity index is 1.78. The van der Waals surface area contributed by atoms with E-state index in [4.69, 9.17) is 10.5 Å². The number of methoxy groups -OCH3 is 1. The van der Waals surface area contributed by atoms with Crippen molar-refractivity contribution in [1.82, 2.24) is 9.97 Å². The van der Waals surface area contributed by atoms with Crippen molar-refractivity contribution in [3.8, 4) is 0 Å². The zero-order valence-electron chi connectivity index (χ0n) is 15.7. The summed E-state index contributed by atoms with van der Waals surface area (Å²) in [6, 6.07) is 9.80. The zero-order chi connectivity index (χ0) is 20.3. The van der Waals surface area contributed by atoms with E-state index in [1.165, 1.54) is 18.9 Å². The number of carbonyl (C=O) groups is 1. The molecule has 2 aromatic heterocycles. The number of nitrogens with two attached hydrogens (primary N) is 1. The molecule has 0 saturated carbocycles. The highest BCUT2D eigenvalue weighted by molar-refractivity contribution is 8.13. The number of nitrogens with one attached hydrogen (secondary N) is 1. The second kappa shape index (κ2) is 8.57. The van der Waals surface area contributed by atoms with Crippen molar-refractivity contribution < 1.29 is 9.53 Å². The number of H-pyrrole nitrogens is 1. The summed E-state index contributed by atoms with van der Waals surface area (Å²) in [6.07, 6.45) is 0. The quantitative estimate of drug-likeness (QED) is 0.375. The van der Waals surface area contributed by atoms with Crippen LogP contribution in [0, 0.1) is 6.92 Å². The third-order valence-electron chi connectivity index (χ3n) is 4.18. The largest absolute Gasteiger partial charge is 0.465 e. The van der Waals surface area contributed by atoms with Gasteiger partial charge in [0.25, 0.3) is 5.56 Å². The lowest BCUT2D eigenvalue weighted by atomic mass is 10.1. The summed E-state index contributed by atoms with van der Waals surface area (Å²) in [4.78, 5) is 36.9. The molecule has 0 saturated heterocycles. The van der Waals surface area contributed by atoms with Crippen molar-refractivity contribution in [1.29, 1.82) is 0 Å². The molecular weight excluding hydrogens is 396 g/mol. The Kier molecular flexibility index (Phi) is 6.15. The minimum Gasteiger partial charge on any atom is -0.465 e. The number of nitrogens with zero attached hydrogens (tertiary/aromatic N) is 2. The number of hydrogen-bond acceptors (Lipinski definition) is 7. The van der Waals surface area contributed by atoms with Crippen molar-refractivity contribution >= 4 is 44.5 Å². The first-order valence-electron chi connectivity index (χ1n) is 8.52. The van der Waals surface area contributed by atoms with Crippen LogP contribution in [0.25, 0.3) is 10.2 Å². The fourth-order valence-corrected chi connectivity index (χ4v) is 4.49. The van der Waals surface area contributed by atoms with Gasteiger partial charge in [0.1, 0.15) is 15.5 Å². The van der Waals surface area contributed by atoms with Gasteiger partial charge in [0, 0.05) is 0 Å². The molecule has 1 aromatic carbocycles. The molecule has 0 bridgehead atoms. The highest BCUT2D eigenvalue weighted by Gasteiger charge is 2.19. The number of aromatic nitrogens is 2. The number of carbonyl (C=O) groups excluding carboxylic acids is 1. The number of hydrogen-bond donors (Lipinski definition) is 2. The van der Waals surface area contributed by atoms with Gasteiger partial charge in [-0.25, -0.2) is 9.78 Å². The van der Waals surface area contributed by atoms with Crippen LogP contribution in [0.2, 0.25) is 0 Å². The molecule has 0 aliphatic heterocycles. The summed E-state index contributed by atoms with van der Waals surface area (Å²) in [5.74, 6) is 0.375. The number of ether oxygens (including phenoxy) is 1. The number of thiophene rings is 1. The van der Waals surface area contributed by atoms with Gasteiger partial charge in [-0.05, 0) is 25.0 Å². The van der Waals surface area contributed by atoms with E-state index in [1.54, 1.807) is 6.92 Å². The third kappa shape index (κ3) is 4.26. The number of amidine groups is 1. The van der Waals surface area contributed by atoms with E-state index in [0.717, 1.165) is 16.9 Å². The first-order valence-corrected chi connectivity index (χ1v) is 10.3. The molecule has 3 aromatic rings. The lowest BCUT2D eigenvalue weighted by Gasteiger charge is -2.08. The Bertz CT molecular complexity index is 1090. The summed E-state index contributed by atoms with van der Waals surface area (Å²) in [7, 11) is 1.31. The van der Waals surface area contributed by atoms with E-state index in [2.05, 4.69) is 15.0 Å². The standard InChI is InChI=1S/C19H20N4O3S2/c1-10-14-16(24)22-13(23-17(14)28-15(10)18(25)26-3)9-27-19(20)21-11(2)12-7-5-4-6-8-12/h4-8,11H,9H2,1-3H3,(H2,20,21)(H,22,23,24)/t11-/m0/s1.